The number of rotatable bonds is 1. The normalized spacial score (nSPS) is 10.5. The van der Waals surface area contributed by atoms with Gasteiger partial charge in [0, 0.05) is 17.2 Å². The van der Waals surface area contributed by atoms with Crippen LogP contribution in [-0.4, -0.2) is 11.1 Å². The second-order valence-electron chi connectivity index (χ2n) is 2.92. The minimum Gasteiger partial charge on any atom is -0.475 e. The van der Waals surface area contributed by atoms with Crippen LogP contribution in [0.2, 0.25) is 5.02 Å². The summed E-state index contributed by atoms with van der Waals surface area (Å²) in [5, 5.41) is 9.36. The summed E-state index contributed by atoms with van der Waals surface area (Å²) in [7, 11) is 0. The van der Waals surface area contributed by atoms with Crippen molar-refractivity contribution in [1.29, 1.82) is 0 Å². The molecule has 0 saturated carbocycles. The van der Waals surface area contributed by atoms with Crippen LogP contribution in [0.3, 0.4) is 0 Å². The molecule has 1 aromatic heterocycles. The molecule has 0 aliphatic heterocycles. The van der Waals surface area contributed by atoms with Crippen LogP contribution in [0.25, 0.3) is 11.0 Å². The molecule has 0 amide bonds. The smallest absolute Gasteiger partial charge is 0.371 e. The predicted octanol–water partition coefficient (Wildman–Crippen LogP) is 2.14. The number of benzene rings is 1. The van der Waals surface area contributed by atoms with Gasteiger partial charge in [0.2, 0.25) is 5.76 Å². The summed E-state index contributed by atoms with van der Waals surface area (Å²) in [6, 6.07) is 5.39. The molecule has 0 radical (unpaired) electrons. The van der Waals surface area contributed by atoms with Crippen molar-refractivity contribution in [2.45, 2.75) is 0 Å². The molecular weight excluding hydrogens is 220 g/mol. The lowest BCUT2D eigenvalue weighted by atomic mass is 10.2. The number of carbonyl (C=O) groups is 1. The molecule has 1 aromatic carbocycles. The highest BCUT2D eigenvalue weighted by molar-refractivity contribution is 6.31. The third-order valence-electron chi connectivity index (χ3n) is 1.90. The molecule has 2 aromatic rings. The second kappa shape index (κ2) is 3.40. The molecule has 0 bridgehead atoms. The lowest BCUT2D eigenvalue weighted by Crippen LogP contribution is -2.06. The molecule has 0 spiro atoms. The molecule has 0 saturated heterocycles. The number of carboxylic acid groups (broad SMARTS) is 1. The van der Waals surface area contributed by atoms with E-state index in [9.17, 15) is 9.59 Å². The van der Waals surface area contributed by atoms with Crippen molar-refractivity contribution < 1.29 is 14.3 Å². The van der Waals surface area contributed by atoms with E-state index in [-0.39, 0.29) is 5.58 Å². The summed E-state index contributed by atoms with van der Waals surface area (Å²) in [6.07, 6.45) is 0. The Morgan fingerprint density at radius 1 is 1.33 bits per heavy atom. The summed E-state index contributed by atoms with van der Waals surface area (Å²) >= 11 is 5.69. The lowest BCUT2D eigenvalue weighted by Gasteiger charge is -1.98. The number of carboxylic acids is 1. The van der Waals surface area contributed by atoms with Gasteiger partial charge in [-0.2, -0.15) is 0 Å². The minimum atomic E-state index is -1.28. The van der Waals surface area contributed by atoms with Crippen LogP contribution in [0.5, 0.6) is 0 Å². The van der Waals surface area contributed by atoms with E-state index >= 15 is 0 Å². The Hall–Kier alpha value is -1.81. The van der Waals surface area contributed by atoms with E-state index in [1.165, 1.54) is 12.1 Å². The van der Waals surface area contributed by atoms with E-state index in [4.69, 9.17) is 21.1 Å². The Balaban J connectivity index is 2.85. The van der Waals surface area contributed by atoms with Crippen LogP contribution in [0.4, 0.5) is 0 Å². The van der Waals surface area contributed by atoms with Gasteiger partial charge in [0.25, 0.3) is 0 Å². The zero-order valence-electron chi connectivity index (χ0n) is 7.36. The monoisotopic (exact) mass is 224 g/mol. The van der Waals surface area contributed by atoms with Crippen LogP contribution in [-0.2, 0) is 0 Å². The predicted molar refractivity (Wildman–Crippen MR) is 54.5 cm³/mol. The Labute approximate surface area is 88.7 Å². The van der Waals surface area contributed by atoms with Gasteiger partial charge in [-0.15, -0.1) is 0 Å². The first-order valence-corrected chi connectivity index (χ1v) is 4.42. The fourth-order valence-electron chi connectivity index (χ4n) is 1.23. The first-order valence-electron chi connectivity index (χ1n) is 4.04. The van der Waals surface area contributed by atoms with Gasteiger partial charge in [-0.1, -0.05) is 11.6 Å². The van der Waals surface area contributed by atoms with Crippen molar-refractivity contribution in [3.8, 4) is 0 Å². The van der Waals surface area contributed by atoms with Gasteiger partial charge in [0.1, 0.15) is 5.58 Å². The fourth-order valence-corrected chi connectivity index (χ4v) is 1.40. The average Bonchev–Trinajstić information content (AvgIpc) is 2.16. The highest BCUT2D eigenvalue weighted by Crippen LogP contribution is 2.17. The first-order chi connectivity index (χ1) is 7.08. The molecule has 0 fully saturated rings. The summed E-state index contributed by atoms with van der Waals surface area (Å²) < 4.78 is 5.00. The molecule has 2 rings (SSSR count). The van der Waals surface area contributed by atoms with Gasteiger partial charge in [-0.05, 0) is 12.1 Å². The number of halogens is 1. The maximum Gasteiger partial charge on any atom is 0.371 e. The van der Waals surface area contributed by atoms with Crippen molar-refractivity contribution in [3.05, 3.63) is 45.3 Å². The molecule has 1 N–H and O–H groups in total. The quantitative estimate of drug-likeness (QED) is 0.806. The maximum absolute atomic E-state index is 11.4. The number of hydrogen-bond acceptors (Lipinski definition) is 3. The van der Waals surface area contributed by atoms with Crippen molar-refractivity contribution in [2.75, 3.05) is 0 Å². The van der Waals surface area contributed by atoms with Crippen LogP contribution < -0.4 is 5.43 Å². The van der Waals surface area contributed by atoms with Crippen LogP contribution in [0, 0.1) is 0 Å². The standard InChI is InChI=1S/C10H5ClO4/c11-5-1-2-6-7(12)4-9(10(13)14)15-8(6)3-5/h1-4H,(H,13,14). The van der Waals surface area contributed by atoms with Gasteiger partial charge in [-0.25, -0.2) is 4.79 Å². The maximum atomic E-state index is 11.4. The van der Waals surface area contributed by atoms with Crippen LogP contribution >= 0.6 is 11.6 Å². The topological polar surface area (TPSA) is 67.5 Å². The third-order valence-corrected chi connectivity index (χ3v) is 2.14. The molecule has 1 heterocycles. The highest BCUT2D eigenvalue weighted by atomic mass is 35.5. The Morgan fingerprint density at radius 3 is 2.73 bits per heavy atom. The molecule has 15 heavy (non-hydrogen) atoms. The van der Waals surface area contributed by atoms with E-state index in [1.54, 1.807) is 6.07 Å². The summed E-state index contributed by atoms with van der Waals surface area (Å²) in [4.78, 5) is 22.1. The lowest BCUT2D eigenvalue weighted by molar-refractivity contribution is 0.0663. The summed E-state index contributed by atoms with van der Waals surface area (Å²) in [5.74, 6) is -1.68. The number of fused-ring (bicyclic) bond motifs is 1. The van der Waals surface area contributed by atoms with Gasteiger partial charge >= 0.3 is 5.97 Å². The Bertz CT molecular complexity index is 600. The van der Waals surface area contributed by atoms with Crippen molar-refractivity contribution in [3.63, 3.8) is 0 Å². The summed E-state index contributed by atoms with van der Waals surface area (Å²) in [6.45, 7) is 0. The largest absolute Gasteiger partial charge is 0.475 e. The Kier molecular flexibility index (Phi) is 2.21. The van der Waals surface area contributed by atoms with E-state index in [1.807, 2.05) is 0 Å². The molecule has 0 aliphatic carbocycles. The van der Waals surface area contributed by atoms with Gasteiger partial charge in [0.05, 0.1) is 5.39 Å². The van der Waals surface area contributed by atoms with E-state index in [0.717, 1.165) is 6.07 Å². The molecule has 76 valence electrons. The van der Waals surface area contributed by atoms with Crippen molar-refractivity contribution in [1.82, 2.24) is 0 Å². The van der Waals surface area contributed by atoms with Crippen LogP contribution in [0.15, 0.2) is 33.5 Å². The SMILES string of the molecule is O=C(O)c1cc(=O)c2ccc(Cl)cc2o1. The van der Waals surface area contributed by atoms with Crippen LogP contribution in [0.1, 0.15) is 10.6 Å². The van der Waals surface area contributed by atoms with Gasteiger partial charge in [0.15, 0.2) is 5.43 Å². The molecule has 5 heteroatoms. The van der Waals surface area contributed by atoms with Gasteiger partial charge < -0.3 is 9.52 Å². The third kappa shape index (κ3) is 1.71. The Morgan fingerprint density at radius 2 is 2.07 bits per heavy atom. The van der Waals surface area contributed by atoms with E-state index < -0.39 is 17.2 Å². The number of hydrogen-bond donors (Lipinski definition) is 1. The second-order valence-corrected chi connectivity index (χ2v) is 3.36. The molecule has 0 atom stereocenters. The van der Waals surface area contributed by atoms with Gasteiger partial charge in [-0.3, -0.25) is 4.79 Å². The molecular formula is C10H5ClO4. The zero-order valence-corrected chi connectivity index (χ0v) is 8.12. The molecule has 0 aliphatic rings. The average molecular weight is 225 g/mol. The zero-order chi connectivity index (χ0) is 11.0. The molecule has 0 unspecified atom stereocenters. The van der Waals surface area contributed by atoms with Crippen molar-refractivity contribution in [2.24, 2.45) is 0 Å². The minimum absolute atomic E-state index is 0.174. The van der Waals surface area contributed by atoms with Crippen molar-refractivity contribution >= 4 is 28.5 Å². The summed E-state index contributed by atoms with van der Waals surface area (Å²) in [5.41, 5.74) is -0.224. The van der Waals surface area contributed by atoms with E-state index in [0.29, 0.717) is 10.4 Å². The first kappa shape index (κ1) is 9.73. The highest BCUT2D eigenvalue weighted by Gasteiger charge is 2.10. The fraction of sp³-hybridized carbons (Fsp3) is 0. The number of aromatic carboxylic acids is 1. The van der Waals surface area contributed by atoms with E-state index in [2.05, 4.69) is 0 Å². The molecule has 4 nitrogen and oxygen atoms in total.